The van der Waals surface area contributed by atoms with Crippen molar-refractivity contribution in [2.45, 2.75) is 12.5 Å². The maximum absolute atomic E-state index is 11.7. The van der Waals surface area contributed by atoms with Crippen molar-refractivity contribution >= 4 is 11.7 Å². The summed E-state index contributed by atoms with van der Waals surface area (Å²) in [7, 11) is 0. The first-order valence-corrected chi connectivity index (χ1v) is 4.99. The Morgan fingerprint density at radius 2 is 2.53 bits per heavy atom. The molecule has 80 valence electrons. The Morgan fingerprint density at radius 3 is 3.20 bits per heavy atom. The first-order valence-electron chi connectivity index (χ1n) is 4.99. The molecular formula is C10H14N4O. The summed E-state index contributed by atoms with van der Waals surface area (Å²) in [5.41, 5.74) is 6.07. The minimum Gasteiger partial charge on any atom is -0.384 e. The van der Waals surface area contributed by atoms with Crippen LogP contribution in [0.25, 0.3) is 0 Å². The molecule has 1 amide bonds. The fourth-order valence-electron chi connectivity index (χ4n) is 1.64. The second-order valence-corrected chi connectivity index (χ2v) is 3.63. The van der Waals surface area contributed by atoms with Gasteiger partial charge in [-0.3, -0.25) is 4.79 Å². The number of amides is 1. The van der Waals surface area contributed by atoms with E-state index in [0.717, 1.165) is 19.5 Å². The molecule has 0 spiro atoms. The van der Waals surface area contributed by atoms with Crippen LogP contribution in [0.15, 0.2) is 18.3 Å². The predicted molar refractivity (Wildman–Crippen MR) is 57.4 cm³/mol. The molecule has 1 saturated heterocycles. The third kappa shape index (κ3) is 2.44. The number of hydrogen-bond acceptors (Lipinski definition) is 4. The molecule has 15 heavy (non-hydrogen) atoms. The molecule has 0 aromatic carbocycles. The van der Waals surface area contributed by atoms with Crippen molar-refractivity contribution in [2.75, 3.05) is 18.8 Å². The molecule has 4 N–H and O–H groups in total. The molecule has 2 rings (SSSR count). The molecular weight excluding hydrogens is 192 g/mol. The number of pyridine rings is 1. The number of nitrogens with zero attached hydrogens (tertiary/aromatic N) is 1. The molecule has 1 fully saturated rings. The van der Waals surface area contributed by atoms with Gasteiger partial charge in [-0.15, -0.1) is 0 Å². The first-order chi connectivity index (χ1) is 7.25. The summed E-state index contributed by atoms with van der Waals surface area (Å²) in [6, 6.07) is 3.47. The van der Waals surface area contributed by atoms with Crippen molar-refractivity contribution in [2.24, 2.45) is 0 Å². The summed E-state index contributed by atoms with van der Waals surface area (Å²) in [5, 5.41) is 6.13. The Hall–Kier alpha value is -1.62. The van der Waals surface area contributed by atoms with E-state index in [1.54, 1.807) is 12.1 Å². The lowest BCUT2D eigenvalue weighted by Crippen LogP contribution is -2.36. The standard InChI is InChI=1S/C10H14N4O/c11-9-5-7(1-4-13-9)10(15)14-8-2-3-12-6-8/h1,4-5,8,12H,2-3,6H2,(H2,11,13)(H,14,15)/t8-/m0/s1. The van der Waals surface area contributed by atoms with E-state index >= 15 is 0 Å². The largest absolute Gasteiger partial charge is 0.384 e. The molecule has 5 heteroatoms. The lowest BCUT2D eigenvalue weighted by molar-refractivity contribution is 0.0940. The summed E-state index contributed by atoms with van der Waals surface area (Å²) in [4.78, 5) is 15.6. The van der Waals surface area contributed by atoms with Gasteiger partial charge in [0, 0.05) is 24.3 Å². The van der Waals surface area contributed by atoms with Crippen LogP contribution in [0.5, 0.6) is 0 Å². The van der Waals surface area contributed by atoms with E-state index in [2.05, 4.69) is 15.6 Å². The number of carbonyl (C=O) groups is 1. The smallest absolute Gasteiger partial charge is 0.251 e. The number of aromatic nitrogens is 1. The highest BCUT2D eigenvalue weighted by molar-refractivity contribution is 5.94. The van der Waals surface area contributed by atoms with Crippen LogP contribution in [0.4, 0.5) is 5.82 Å². The van der Waals surface area contributed by atoms with E-state index in [1.807, 2.05) is 0 Å². The maximum Gasteiger partial charge on any atom is 0.251 e. The van der Waals surface area contributed by atoms with Crippen molar-refractivity contribution < 1.29 is 4.79 Å². The van der Waals surface area contributed by atoms with Gasteiger partial charge in [-0.1, -0.05) is 0 Å². The molecule has 5 nitrogen and oxygen atoms in total. The zero-order chi connectivity index (χ0) is 10.7. The fraction of sp³-hybridized carbons (Fsp3) is 0.400. The molecule has 1 aromatic heterocycles. The van der Waals surface area contributed by atoms with Gasteiger partial charge in [0.05, 0.1) is 0 Å². The molecule has 0 saturated carbocycles. The maximum atomic E-state index is 11.7. The van der Waals surface area contributed by atoms with Crippen LogP contribution in [0.1, 0.15) is 16.8 Å². The molecule has 1 atom stereocenters. The van der Waals surface area contributed by atoms with Crippen LogP contribution in [-0.2, 0) is 0 Å². The molecule has 0 unspecified atom stereocenters. The van der Waals surface area contributed by atoms with E-state index in [4.69, 9.17) is 5.73 Å². The molecule has 1 aliphatic heterocycles. The van der Waals surface area contributed by atoms with Gasteiger partial charge in [0.25, 0.3) is 5.91 Å². The predicted octanol–water partition coefficient (Wildman–Crippen LogP) is -0.244. The third-order valence-corrected chi connectivity index (χ3v) is 2.44. The molecule has 0 radical (unpaired) electrons. The Kier molecular flexibility index (Phi) is 2.82. The zero-order valence-corrected chi connectivity index (χ0v) is 8.36. The van der Waals surface area contributed by atoms with Crippen LogP contribution in [0.3, 0.4) is 0 Å². The summed E-state index contributed by atoms with van der Waals surface area (Å²) in [5.74, 6) is 0.282. The topological polar surface area (TPSA) is 80.0 Å². The zero-order valence-electron chi connectivity index (χ0n) is 8.36. The highest BCUT2D eigenvalue weighted by atomic mass is 16.1. The van der Waals surface area contributed by atoms with Crippen molar-refractivity contribution in [3.05, 3.63) is 23.9 Å². The lowest BCUT2D eigenvalue weighted by atomic mass is 10.2. The van der Waals surface area contributed by atoms with Gasteiger partial charge in [-0.25, -0.2) is 4.98 Å². The SMILES string of the molecule is Nc1cc(C(=O)N[C@H]2CCNC2)ccn1. The number of carbonyl (C=O) groups excluding carboxylic acids is 1. The average Bonchev–Trinajstić information content (AvgIpc) is 2.70. The normalized spacial score (nSPS) is 20.1. The van der Waals surface area contributed by atoms with Gasteiger partial charge < -0.3 is 16.4 Å². The van der Waals surface area contributed by atoms with Gasteiger partial charge in [0.1, 0.15) is 5.82 Å². The Morgan fingerprint density at radius 1 is 1.67 bits per heavy atom. The fourth-order valence-corrected chi connectivity index (χ4v) is 1.64. The number of rotatable bonds is 2. The number of anilines is 1. The number of nitrogens with two attached hydrogens (primary N) is 1. The van der Waals surface area contributed by atoms with E-state index < -0.39 is 0 Å². The van der Waals surface area contributed by atoms with Crippen LogP contribution >= 0.6 is 0 Å². The van der Waals surface area contributed by atoms with Crippen LogP contribution < -0.4 is 16.4 Å². The summed E-state index contributed by atoms with van der Waals surface area (Å²) in [6.07, 6.45) is 2.52. The molecule has 1 aliphatic rings. The van der Waals surface area contributed by atoms with Crippen LogP contribution in [0.2, 0.25) is 0 Å². The van der Waals surface area contributed by atoms with Crippen molar-refractivity contribution in [3.8, 4) is 0 Å². The van der Waals surface area contributed by atoms with Crippen LogP contribution in [-0.4, -0.2) is 30.0 Å². The Labute approximate surface area is 88.1 Å². The highest BCUT2D eigenvalue weighted by Crippen LogP contribution is 2.04. The Balaban J connectivity index is 2.01. The highest BCUT2D eigenvalue weighted by Gasteiger charge is 2.17. The summed E-state index contributed by atoms with van der Waals surface area (Å²) >= 11 is 0. The van der Waals surface area contributed by atoms with E-state index in [9.17, 15) is 4.79 Å². The van der Waals surface area contributed by atoms with Gasteiger partial charge in [0.2, 0.25) is 0 Å². The van der Waals surface area contributed by atoms with E-state index in [1.165, 1.54) is 6.20 Å². The summed E-state index contributed by atoms with van der Waals surface area (Å²) in [6.45, 7) is 1.80. The van der Waals surface area contributed by atoms with Gasteiger partial charge >= 0.3 is 0 Å². The van der Waals surface area contributed by atoms with Crippen LogP contribution in [0, 0.1) is 0 Å². The van der Waals surface area contributed by atoms with E-state index in [0.29, 0.717) is 11.4 Å². The second-order valence-electron chi connectivity index (χ2n) is 3.63. The molecule has 0 bridgehead atoms. The minimum atomic E-state index is -0.0854. The molecule has 2 heterocycles. The number of nitrogens with one attached hydrogen (secondary N) is 2. The molecule has 1 aromatic rings. The van der Waals surface area contributed by atoms with Gasteiger partial charge in [0.15, 0.2) is 0 Å². The Bertz CT molecular complexity index is 360. The van der Waals surface area contributed by atoms with E-state index in [-0.39, 0.29) is 11.9 Å². The van der Waals surface area contributed by atoms with Crippen molar-refractivity contribution in [1.82, 2.24) is 15.6 Å². The lowest BCUT2D eigenvalue weighted by Gasteiger charge is -2.11. The average molecular weight is 206 g/mol. The number of nitrogen functional groups attached to an aromatic ring is 1. The first kappa shape index (κ1) is 9.92. The number of hydrogen-bond donors (Lipinski definition) is 3. The quantitative estimate of drug-likeness (QED) is 0.623. The molecule has 0 aliphatic carbocycles. The minimum absolute atomic E-state index is 0.0854. The van der Waals surface area contributed by atoms with Crippen molar-refractivity contribution in [3.63, 3.8) is 0 Å². The monoisotopic (exact) mass is 206 g/mol. The summed E-state index contributed by atoms with van der Waals surface area (Å²) < 4.78 is 0. The van der Waals surface area contributed by atoms with Crippen molar-refractivity contribution in [1.29, 1.82) is 0 Å². The second kappa shape index (κ2) is 4.27. The van der Waals surface area contributed by atoms with Gasteiger partial charge in [-0.2, -0.15) is 0 Å². The third-order valence-electron chi connectivity index (χ3n) is 2.44. The van der Waals surface area contributed by atoms with Gasteiger partial charge in [-0.05, 0) is 25.1 Å².